The zero-order valence-corrected chi connectivity index (χ0v) is 24.2. The van der Waals surface area contributed by atoms with Crippen LogP contribution in [-0.4, -0.2) is 0 Å². The first-order chi connectivity index (χ1) is 14.1. The number of rotatable bonds is 1. The van der Waals surface area contributed by atoms with Gasteiger partial charge >= 0.3 is 0 Å². The first-order valence-electron chi connectivity index (χ1n) is 12.4. The summed E-state index contributed by atoms with van der Waals surface area (Å²) in [5.74, 6) is 0. The highest BCUT2D eigenvalue weighted by Crippen LogP contribution is 2.46. The molecule has 0 saturated carbocycles. The van der Waals surface area contributed by atoms with Crippen LogP contribution >= 0.6 is 0 Å². The Bertz CT molecular complexity index is 855. The summed E-state index contributed by atoms with van der Waals surface area (Å²) in [4.78, 5) is 0. The molecule has 0 aliphatic rings. The minimum atomic E-state index is 0.100. The topological polar surface area (TPSA) is 0 Å². The van der Waals surface area contributed by atoms with Gasteiger partial charge in [-0.05, 0) is 105 Å². The van der Waals surface area contributed by atoms with Gasteiger partial charge in [0.1, 0.15) is 0 Å². The van der Waals surface area contributed by atoms with Crippen LogP contribution in [0.5, 0.6) is 0 Å². The molecule has 32 heavy (non-hydrogen) atoms. The van der Waals surface area contributed by atoms with Crippen molar-refractivity contribution in [2.45, 2.75) is 132 Å². The van der Waals surface area contributed by atoms with E-state index >= 15 is 0 Å². The van der Waals surface area contributed by atoms with Crippen molar-refractivity contribution in [3.8, 4) is 11.1 Å². The van der Waals surface area contributed by atoms with E-state index in [2.05, 4.69) is 123 Å². The summed E-state index contributed by atoms with van der Waals surface area (Å²) in [6.45, 7) is 37.7. The summed E-state index contributed by atoms with van der Waals surface area (Å²) in [6, 6.07) is 4.99. The van der Waals surface area contributed by atoms with Crippen molar-refractivity contribution in [2.75, 3.05) is 0 Å². The Hall–Kier alpha value is -1.56. The first-order valence-corrected chi connectivity index (χ1v) is 12.4. The van der Waals surface area contributed by atoms with Crippen LogP contribution in [-0.2, 0) is 21.7 Å². The Morgan fingerprint density at radius 2 is 0.500 bits per heavy atom. The van der Waals surface area contributed by atoms with Crippen molar-refractivity contribution in [3.05, 3.63) is 56.6 Å². The summed E-state index contributed by atoms with van der Waals surface area (Å²) in [5.41, 5.74) is 15.0. The maximum atomic E-state index is 2.50. The van der Waals surface area contributed by atoms with E-state index in [0.717, 1.165) is 0 Å². The summed E-state index contributed by atoms with van der Waals surface area (Å²) >= 11 is 0. The van der Waals surface area contributed by atoms with Gasteiger partial charge in [-0.25, -0.2) is 0 Å². The molecule has 0 aliphatic carbocycles. The van der Waals surface area contributed by atoms with E-state index in [9.17, 15) is 0 Å². The Morgan fingerprint density at radius 3 is 0.625 bits per heavy atom. The van der Waals surface area contributed by atoms with Crippen LogP contribution in [0.4, 0.5) is 0 Å². The predicted octanol–water partition coefficient (Wildman–Crippen LogP) is 9.78. The molecule has 0 bridgehead atoms. The van der Waals surface area contributed by atoms with E-state index in [4.69, 9.17) is 0 Å². The summed E-state index contributed by atoms with van der Waals surface area (Å²) in [6.07, 6.45) is 0. The fourth-order valence-electron chi connectivity index (χ4n) is 5.69. The first kappa shape index (κ1) is 26.7. The molecule has 178 valence electrons. The number of hydrogen-bond donors (Lipinski definition) is 0. The molecule has 0 heteroatoms. The van der Waals surface area contributed by atoms with E-state index in [0.29, 0.717) is 0 Å². The van der Waals surface area contributed by atoms with E-state index in [1.807, 2.05) is 0 Å². The van der Waals surface area contributed by atoms with Gasteiger partial charge in [0.25, 0.3) is 0 Å². The molecule has 0 radical (unpaired) electrons. The van der Waals surface area contributed by atoms with Gasteiger partial charge in [0, 0.05) is 0 Å². The molecule has 0 N–H and O–H groups in total. The number of hydrogen-bond acceptors (Lipinski definition) is 0. The van der Waals surface area contributed by atoms with Crippen LogP contribution in [0.2, 0.25) is 0 Å². The minimum Gasteiger partial charge on any atom is -0.0561 e. The van der Waals surface area contributed by atoms with Crippen LogP contribution in [0, 0.1) is 27.7 Å². The lowest BCUT2D eigenvalue weighted by Crippen LogP contribution is -2.22. The van der Waals surface area contributed by atoms with Gasteiger partial charge in [-0.2, -0.15) is 0 Å². The second kappa shape index (κ2) is 8.03. The molecule has 0 heterocycles. The van der Waals surface area contributed by atoms with E-state index < -0.39 is 0 Å². The van der Waals surface area contributed by atoms with Gasteiger partial charge in [0.05, 0.1) is 0 Å². The molecule has 0 nitrogen and oxygen atoms in total. The van der Waals surface area contributed by atoms with Crippen LogP contribution in [0.15, 0.2) is 12.1 Å². The van der Waals surface area contributed by atoms with Crippen molar-refractivity contribution >= 4 is 0 Å². The molecule has 0 aromatic heterocycles. The van der Waals surface area contributed by atoms with Crippen LogP contribution in [0.1, 0.15) is 128 Å². The largest absolute Gasteiger partial charge is 0.0561 e. The van der Waals surface area contributed by atoms with Crippen LogP contribution < -0.4 is 0 Å². The Kier molecular flexibility index (Phi) is 6.70. The fourth-order valence-corrected chi connectivity index (χ4v) is 5.69. The molecule has 0 saturated heterocycles. The van der Waals surface area contributed by atoms with Crippen molar-refractivity contribution in [2.24, 2.45) is 0 Å². The van der Waals surface area contributed by atoms with E-state index in [1.54, 1.807) is 0 Å². The van der Waals surface area contributed by atoms with Crippen LogP contribution in [0.3, 0.4) is 0 Å². The smallest absolute Gasteiger partial charge is 0.0114 e. The third-order valence-electron chi connectivity index (χ3n) is 7.18. The molecular formula is C32H50. The van der Waals surface area contributed by atoms with E-state index in [1.165, 1.54) is 55.6 Å². The highest BCUT2D eigenvalue weighted by atomic mass is 14.4. The molecule has 0 spiro atoms. The highest BCUT2D eigenvalue weighted by molar-refractivity contribution is 5.81. The quantitative estimate of drug-likeness (QED) is 0.419. The van der Waals surface area contributed by atoms with Gasteiger partial charge in [-0.15, -0.1) is 0 Å². The highest BCUT2D eigenvalue weighted by Gasteiger charge is 2.31. The molecule has 0 unspecified atom stereocenters. The molecule has 0 amide bonds. The normalized spacial score (nSPS) is 13.6. The summed E-state index contributed by atoms with van der Waals surface area (Å²) < 4.78 is 0. The Balaban J connectivity index is 3.23. The molecular weight excluding hydrogens is 384 g/mol. The van der Waals surface area contributed by atoms with E-state index in [-0.39, 0.29) is 21.7 Å². The van der Waals surface area contributed by atoms with Gasteiger partial charge in [0.15, 0.2) is 0 Å². The summed E-state index contributed by atoms with van der Waals surface area (Å²) in [7, 11) is 0. The lowest BCUT2D eigenvalue weighted by Gasteiger charge is -2.35. The van der Waals surface area contributed by atoms with Gasteiger partial charge < -0.3 is 0 Å². The fraction of sp³-hybridized carbons (Fsp3) is 0.625. The molecule has 0 atom stereocenters. The monoisotopic (exact) mass is 434 g/mol. The molecule has 0 fully saturated rings. The molecule has 2 aromatic carbocycles. The zero-order chi connectivity index (χ0) is 25.2. The van der Waals surface area contributed by atoms with Crippen molar-refractivity contribution < 1.29 is 0 Å². The maximum absolute atomic E-state index is 2.50. The maximum Gasteiger partial charge on any atom is -0.0114 e. The average molecular weight is 435 g/mol. The lowest BCUT2D eigenvalue weighted by atomic mass is 9.70. The zero-order valence-electron chi connectivity index (χ0n) is 24.2. The van der Waals surface area contributed by atoms with Gasteiger partial charge in [0.2, 0.25) is 0 Å². The van der Waals surface area contributed by atoms with Gasteiger partial charge in [-0.1, -0.05) is 95.2 Å². The average Bonchev–Trinajstić information content (AvgIpc) is 2.52. The number of benzene rings is 2. The third kappa shape index (κ3) is 4.85. The standard InChI is InChI=1S/C32H50/c1-19-23(29(5,6)7)17-24(30(8,9)10)20(2)27(19)28-21(3)25(31(11,12)13)18-26(22(28)4)32(14,15)16/h17-18H,1-16H3. The third-order valence-corrected chi connectivity index (χ3v) is 7.18. The second-order valence-electron chi connectivity index (χ2n) is 14.2. The molecule has 2 rings (SSSR count). The Morgan fingerprint density at radius 1 is 0.344 bits per heavy atom. The predicted molar refractivity (Wildman–Crippen MR) is 146 cm³/mol. The SMILES string of the molecule is Cc1c(C(C)(C)C)cc(C(C)(C)C)c(C)c1-c1c(C)c(C(C)(C)C)cc(C(C)(C)C)c1C. The van der Waals surface area contributed by atoms with Crippen LogP contribution in [0.25, 0.3) is 11.1 Å². The minimum absolute atomic E-state index is 0.100. The molecule has 2 aromatic rings. The summed E-state index contributed by atoms with van der Waals surface area (Å²) in [5, 5.41) is 0. The van der Waals surface area contributed by atoms with Crippen molar-refractivity contribution in [3.63, 3.8) is 0 Å². The van der Waals surface area contributed by atoms with Gasteiger partial charge in [-0.3, -0.25) is 0 Å². The Labute approximate surface area is 200 Å². The second-order valence-corrected chi connectivity index (χ2v) is 14.2. The van der Waals surface area contributed by atoms with Crippen molar-refractivity contribution in [1.29, 1.82) is 0 Å². The lowest BCUT2D eigenvalue weighted by molar-refractivity contribution is 0.560. The molecule has 0 aliphatic heterocycles. The van der Waals surface area contributed by atoms with Crippen molar-refractivity contribution in [1.82, 2.24) is 0 Å².